The number of nitrogen functional groups attached to an aromatic ring is 1. The summed E-state index contributed by atoms with van der Waals surface area (Å²) in [6, 6.07) is 7.79. The van der Waals surface area contributed by atoms with Crippen molar-refractivity contribution in [3.8, 4) is 5.75 Å². The van der Waals surface area contributed by atoms with E-state index in [-0.39, 0.29) is 5.95 Å². The van der Waals surface area contributed by atoms with Crippen molar-refractivity contribution in [2.24, 2.45) is 0 Å². The molecule has 0 aliphatic carbocycles. The Kier molecular flexibility index (Phi) is 3.12. The van der Waals surface area contributed by atoms with Gasteiger partial charge in [0.2, 0.25) is 5.95 Å². The van der Waals surface area contributed by atoms with Crippen molar-refractivity contribution < 1.29 is 4.74 Å². The molecule has 0 unspecified atom stereocenters. The molecule has 20 heavy (non-hydrogen) atoms. The Hall–Kier alpha value is -2.76. The standard InChI is InChI=1S/C14H15N5O/c1-20-12-5-3-2-4-11(12)16-6-9-7-17-13-10(9)8-18-14(15)19-13/h2-5,7-8,16H,6H2,1H3,(H3,15,17,18,19). The molecule has 4 N–H and O–H groups in total. The molecule has 0 aliphatic rings. The van der Waals surface area contributed by atoms with E-state index in [1.807, 2.05) is 30.5 Å². The van der Waals surface area contributed by atoms with Crippen LogP contribution in [-0.4, -0.2) is 22.1 Å². The number of nitrogens with two attached hydrogens (primary N) is 1. The van der Waals surface area contributed by atoms with Crippen LogP contribution in [0.4, 0.5) is 11.6 Å². The minimum Gasteiger partial charge on any atom is -0.495 e. The fourth-order valence-electron chi connectivity index (χ4n) is 2.10. The van der Waals surface area contributed by atoms with Crippen LogP contribution in [0.15, 0.2) is 36.7 Å². The lowest BCUT2D eigenvalue weighted by atomic mass is 10.2. The number of para-hydroxylation sites is 2. The molecular weight excluding hydrogens is 254 g/mol. The number of rotatable bonds is 4. The van der Waals surface area contributed by atoms with Gasteiger partial charge in [-0.3, -0.25) is 0 Å². The molecule has 0 saturated heterocycles. The van der Waals surface area contributed by atoms with Gasteiger partial charge in [0.05, 0.1) is 12.8 Å². The maximum absolute atomic E-state index is 5.56. The summed E-state index contributed by atoms with van der Waals surface area (Å²) in [5.74, 6) is 1.08. The second-order valence-corrected chi connectivity index (χ2v) is 4.36. The molecule has 0 fully saturated rings. The second kappa shape index (κ2) is 5.08. The van der Waals surface area contributed by atoms with Crippen LogP contribution in [0.1, 0.15) is 5.56 Å². The predicted molar refractivity (Wildman–Crippen MR) is 78.6 cm³/mol. The summed E-state index contributed by atoms with van der Waals surface area (Å²) in [5, 5.41) is 4.30. The van der Waals surface area contributed by atoms with Crippen molar-refractivity contribution >= 4 is 22.7 Å². The van der Waals surface area contributed by atoms with Gasteiger partial charge >= 0.3 is 0 Å². The van der Waals surface area contributed by atoms with Gasteiger partial charge in [0.15, 0.2) is 0 Å². The fourth-order valence-corrected chi connectivity index (χ4v) is 2.10. The number of hydrogen-bond donors (Lipinski definition) is 3. The van der Waals surface area contributed by atoms with Crippen LogP contribution in [0.5, 0.6) is 5.75 Å². The molecule has 0 atom stereocenters. The fraction of sp³-hybridized carbons (Fsp3) is 0.143. The number of methoxy groups -OCH3 is 1. The molecule has 0 bridgehead atoms. The number of hydrogen-bond acceptors (Lipinski definition) is 5. The first-order valence-electron chi connectivity index (χ1n) is 6.23. The zero-order chi connectivity index (χ0) is 13.9. The summed E-state index contributed by atoms with van der Waals surface area (Å²) in [6.45, 7) is 0.646. The van der Waals surface area contributed by atoms with Crippen LogP contribution in [-0.2, 0) is 6.54 Å². The maximum atomic E-state index is 5.56. The molecular formula is C14H15N5O. The van der Waals surface area contributed by atoms with Gasteiger partial charge in [-0.2, -0.15) is 4.98 Å². The lowest BCUT2D eigenvalue weighted by Crippen LogP contribution is -2.01. The number of nitrogens with one attached hydrogen (secondary N) is 2. The van der Waals surface area contributed by atoms with Gasteiger partial charge in [0.25, 0.3) is 0 Å². The van der Waals surface area contributed by atoms with Gasteiger partial charge in [0.1, 0.15) is 11.4 Å². The lowest BCUT2D eigenvalue weighted by Gasteiger charge is -2.10. The number of benzene rings is 1. The van der Waals surface area contributed by atoms with Crippen LogP contribution >= 0.6 is 0 Å². The molecule has 3 aromatic rings. The van der Waals surface area contributed by atoms with Crippen LogP contribution in [0.25, 0.3) is 11.0 Å². The number of aromatic nitrogens is 3. The highest BCUT2D eigenvalue weighted by molar-refractivity contribution is 5.80. The van der Waals surface area contributed by atoms with E-state index >= 15 is 0 Å². The van der Waals surface area contributed by atoms with Crippen LogP contribution in [0, 0.1) is 0 Å². The smallest absolute Gasteiger partial charge is 0.221 e. The van der Waals surface area contributed by atoms with Crippen LogP contribution in [0.3, 0.4) is 0 Å². The number of ether oxygens (including phenoxy) is 1. The van der Waals surface area contributed by atoms with E-state index in [4.69, 9.17) is 10.5 Å². The number of fused-ring (bicyclic) bond motifs is 1. The van der Waals surface area contributed by atoms with Crippen LogP contribution < -0.4 is 15.8 Å². The molecule has 3 rings (SSSR count). The van der Waals surface area contributed by atoms with E-state index in [1.165, 1.54) is 0 Å². The SMILES string of the molecule is COc1ccccc1NCc1c[nH]c2nc(N)ncc12. The predicted octanol–water partition coefficient (Wildman–Crippen LogP) is 2.16. The molecule has 0 radical (unpaired) electrons. The lowest BCUT2D eigenvalue weighted by molar-refractivity contribution is 0.416. The molecule has 2 heterocycles. The minimum absolute atomic E-state index is 0.267. The van der Waals surface area contributed by atoms with E-state index in [2.05, 4.69) is 20.3 Å². The Morgan fingerprint density at radius 3 is 3.05 bits per heavy atom. The quantitative estimate of drug-likeness (QED) is 0.675. The Bertz CT molecular complexity index is 737. The molecule has 0 spiro atoms. The largest absolute Gasteiger partial charge is 0.495 e. The Balaban J connectivity index is 1.83. The Morgan fingerprint density at radius 2 is 2.20 bits per heavy atom. The molecule has 1 aromatic carbocycles. The van der Waals surface area contributed by atoms with E-state index in [1.54, 1.807) is 13.3 Å². The number of aromatic amines is 1. The summed E-state index contributed by atoms with van der Waals surface area (Å²) in [4.78, 5) is 11.3. The van der Waals surface area contributed by atoms with Crippen molar-refractivity contribution in [3.63, 3.8) is 0 Å². The molecule has 0 aliphatic heterocycles. The molecule has 102 valence electrons. The highest BCUT2D eigenvalue weighted by Crippen LogP contribution is 2.24. The van der Waals surface area contributed by atoms with Gasteiger partial charge < -0.3 is 20.8 Å². The summed E-state index contributed by atoms with van der Waals surface area (Å²) in [7, 11) is 1.66. The highest BCUT2D eigenvalue weighted by Gasteiger charge is 2.07. The average molecular weight is 269 g/mol. The number of H-pyrrole nitrogens is 1. The Labute approximate surface area is 116 Å². The maximum Gasteiger partial charge on any atom is 0.221 e. The molecule has 0 amide bonds. The van der Waals surface area contributed by atoms with E-state index in [9.17, 15) is 0 Å². The van der Waals surface area contributed by atoms with Gasteiger partial charge in [-0.25, -0.2) is 4.98 Å². The third-order valence-corrected chi connectivity index (χ3v) is 3.11. The first-order chi connectivity index (χ1) is 9.78. The van der Waals surface area contributed by atoms with E-state index < -0.39 is 0 Å². The highest BCUT2D eigenvalue weighted by atomic mass is 16.5. The molecule has 6 nitrogen and oxygen atoms in total. The van der Waals surface area contributed by atoms with E-state index in [0.717, 1.165) is 28.0 Å². The molecule has 0 saturated carbocycles. The van der Waals surface area contributed by atoms with Gasteiger partial charge in [-0.05, 0) is 17.7 Å². The zero-order valence-electron chi connectivity index (χ0n) is 11.1. The Morgan fingerprint density at radius 1 is 1.35 bits per heavy atom. The number of anilines is 2. The summed E-state index contributed by atoms with van der Waals surface area (Å²) in [5.41, 5.74) is 8.33. The van der Waals surface area contributed by atoms with Crippen LogP contribution in [0.2, 0.25) is 0 Å². The van der Waals surface area contributed by atoms with Gasteiger partial charge in [0, 0.05) is 24.3 Å². The van der Waals surface area contributed by atoms with Crippen molar-refractivity contribution in [2.75, 3.05) is 18.2 Å². The second-order valence-electron chi connectivity index (χ2n) is 4.36. The third-order valence-electron chi connectivity index (χ3n) is 3.11. The first-order valence-corrected chi connectivity index (χ1v) is 6.23. The van der Waals surface area contributed by atoms with Gasteiger partial charge in [-0.15, -0.1) is 0 Å². The molecule has 2 aromatic heterocycles. The van der Waals surface area contributed by atoms with E-state index in [0.29, 0.717) is 6.54 Å². The normalized spacial score (nSPS) is 10.7. The van der Waals surface area contributed by atoms with Crippen molar-refractivity contribution in [2.45, 2.75) is 6.54 Å². The average Bonchev–Trinajstić information content (AvgIpc) is 2.87. The summed E-state index contributed by atoms with van der Waals surface area (Å²) in [6.07, 6.45) is 3.63. The van der Waals surface area contributed by atoms with Crippen molar-refractivity contribution in [1.29, 1.82) is 0 Å². The van der Waals surface area contributed by atoms with Crippen molar-refractivity contribution in [3.05, 3.63) is 42.2 Å². The topological polar surface area (TPSA) is 88.8 Å². The summed E-state index contributed by atoms with van der Waals surface area (Å²) < 4.78 is 5.31. The zero-order valence-corrected chi connectivity index (χ0v) is 11.1. The van der Waals surface area contributed by atoms with Gasteiger partial charge in [-0.1, -0.05) is 12.1 Å². The number of nitrogens with zero attached hydrogens (tertiary/aromatic N) is 2. The monoisotopic (exact) mass is 269 g/mol. The van der Waals surface area contributed by atoms with Crippen molar-refractivity contribution in [1.82, 2.24) is 15.0 Å². The molecule has 6 heteroatoms. The summed E-state index contributed by atoms with van der Waals surface area (Å²) >= 11 is 0. The first kappa shape index (κ1) is 12.3. The minimum atomic E-state index is 0.267. The third kappa shape index (κ3) is 2.23.